The summed E-state index contributed by atoms with van der Waals surface area (Å²) in [4.78, 5) is 0. The average Bonchev–Trinajstić information content (AvgIpc) is 2.35. The van der Waals surface area contributed by atoms with Gasteiger partial charge in [0.15, 0.2) is 0 Å². The summed E-state index contributed by atoms with van der Waals surface area (Å²) in [5.74, 6) is 1.95. The molecule has 1 saturated carbocycles. The lowest BCUT2D eigenvalue weighted by atomic mass is 9.80. The van der Waals surface area contributed by atoms with Crippen LogP contribution in [0.1, 0.15) is 52.4 Å². The molecule has 17 heavy (non-hydrogen) atoms. The third kappa shape index (κ3) is 4.94. The van der Waals surface area contributed by atoms with E-state index in [2.05, 4.69) is 24.3 Å². The van der Waals surface area contributed by atoms with E-state index in [1.54, 1.807) is 0 Å². The van der Waals surface area contributed by atoms with Crippen molar-refractivity contribution in [2.45, 2.75) is 58.4 Å². The number of hydrogen-bond donors (Lipinski definition) is 3. The first-order valence-electron chi connectivity index (χ1n) is 6.87. The first-order chi connectivity index (χ1) is 8.17. The lowest BCUT2D eigenvalue weighted by molar-refractivity contribution is 0.240. The summed E-state index contributed by atoms with van der Waals surface area (Å²) in [6, 6.07) is 0.333. The Hall–Kier alpha value is -0.770. The molecule has 0 radical (unpaired) electrons. The van der Waals surface area contributed by atoms with Crippen molar-refractivity contribution in [3.63, 3.8) is 0 Å². The van der Waals surface area contributed by atoms with Crippen LogP contribution in [-0.2, 0) is 0 Å². The number of hydrogen-bond acceptors (Lipinski definition) is 3. The molecular weight excluding hydrogens is 214 g/mol. The van der Waals surface area contributed by atoms with Gasteiger partial charge in [0.2, 0.25) is 0 Å². The van der Waals surface area contributed by atoms with E-state index in [1.807, 2.05) is 0 Å². The molecule has 0 saturated heterocycles. The summed E-state index contributed by atoms with van der Waals surface area (Å²) in [6.45, 7) is 5.56. The topological polar surface area (TPSA) is 70.6 Å². The van der Waals surface area contributed by atoms with Crippen LogP contribution in [0.3, 0.4) is 0 Å². The van der Waals surface area contributed by atoms with Crippen LogP contribution >= 0.6 is 0 Å². The van der Waals surface area contributed by atoms with Gasteiger partial charge in [-0.25, -0.2) is 0 Å². The number of nitrogens with zero attached hydrogens (tertiary/aromatic N) is 1. The van der Waals surface area contributed by atoms with Crippen LogP contribution in [0, 0.1) is 11.8 Å². The minimum absolute atomic E-state index is 0.320. The van der Waals surface area contributed by atoms with Gasteiger partial charge in [-0.2, -0.15) is 0 Å². The summed E-state index contributed by atoms with van der Waals surface area (Å²) >= 11 is 0. The van der Waals surface area contributed by atoms with Gasteiger partial charge in [0.1, 0.15) is 5.84 Å². The highest BCUT2D eigenvalue weighted by Crippen LogP contribution is 2.29. The van der Waals surface area contributed by atoms with Gasteiger partial charge in [-0.15, -0.1) is 0 Å². The molecule has 0 aromatic heterocycles. The van der Waals surface area contributed by atoms with Crippen molar-refractivity contribution in [1.29, 1.82) is 0 Å². The second kappa shape index (κ2) is 7.54. The van der Waals surface area contributed by atoms with E-state index in [0.717, 1.165) is 24.8 Å². The largest absolute Gasteiger partial charge is 0.409 e. The van der Waals surface area contributed by atoms with Crippen molar-refractivity contribution in [2.75, 3.05) is 6.54 Å². The zero-order valence-electron chi connectivity index (χ0n) is 11.2. The van der Waals surface area contributed by atoms with E-state index in [0.29, 0.717) is 18.3 Å². The quantitative estimate of drug-likeness (QED) is 0.289. The molecule has 4 N–H and O–H groups in total. The molecule has 0 aliphatic heterocycles. The van der Waals surface area contributed by atoms with E-state index in [-0.39, 0.29) is 0 Å². The van der Waals surface area contributed by atoms with E-state index >= 15 is 0 Å². The maximum atomic E-state index is 8.57. The number of oxime groups is 1. The Morgan fingerprint density at radius 1 is 1.47 bits per heavy atom. The molecular formula is C13H27N3O. The maximum absolute atomic E-state index is 8.57. The van der Waals surface area contributed by atoms with Gasteiger partial charge < -0.3 is 16.3 Å². The molecule has 1 aliphatic rings. The van der Waals surface area contributed by atoms with Crippen LogP contribution in [-0.4, -0.2) is 23.6 Å². The Bertz CT molecular complexity index is 243. The van der Waals surface area contributed by atoms with E-state index in [1.165, 1.54) is 25.7 Å². The average molecular weight is 241 g/mol. The monoisotopic (exact) mass is 241 g/mol. The minimum Gasteiger partial charge on any atom is -0.409 e. The first-order valence-corrected chi connectivity index (χ1v) is 6.87. The van der Waals surface area contributed by atoms with Crippen LogP contribution in [0.4, 0.5) is 0 Å². The van der Waals surface area contributed by atoms with Crippen molar-refractivity contribution < 1.29 is 5.21 Å². The Kier molecular flexibility index (Phi) is 6.34. The fourth-order valence-corrected chi connectivity index (χ4v) is 2.67. The highest BCUT2D eigenvalue weighted by atomic mass is 16.4. The molecule has 100 valence electrons. The van der Waals surface area contributed by atoms with E-state index in [4.69, 9.17) is 10.9 Å². The summed E-state index contributed by atoms with van der Waals surface area (Å²) < 4.78 is 0. The third-order valence-corrected chi connectivity index (χ3v) is 4.03. The minimum atomic E-state index is 0.320. The molecule has 0 spiro atoms. The second-order valence-electron chi connectivity index (χ2n) is 5.33. The molecule has 0 amide bonds. The molecule has 4 heteroatoms. The fourth-order valence-electron chi connectivity index (χ4n) is 2.67. The molecule has 3 unspecified atom stereocenters. The zero-order valence-corrected chi connectivity index (χ0v) is 11.2. The zero-order chi connectivity index (χ0) is 12.7. The Balaban J connectivity index is 2.31. The highest BCUT2D eigenvalue weighted by Gasteiger charge is 2.21. The predicted octanol–water partition coefficient (Wildman–Crippen LogP) is 2.32. The number of rotatable bonds is 6. The van der Waals surface area contributed by atoms with Gasteiger partial charge in [-0.1, -0.05) is 38.3 Å². The fraction of sp³-hybridized carbons (Fsp3) is 0.923. The molecule has 0 aromatic carbocycles. The summed E-state index contributed by atoms with van der Waals surface area (Å²) in [7, 11) is 0. The van der Waals surface area contributed by atoms with Crippen LogP contribution in [0.5, 0.6) is 0 Å². The molecule has 0 aromatic rings. The normalized spacial score (nSPS) is 28.0. The van der Waals surface area contributed by atoms with Crippen molar-refractivity contribution in [2.24, 2.45) is 22.7 Å². The van der Waals surface area contributed by atoms with Crippen molar-refractivity contribution in [3.05, 3.63) is 0 Å². The molecule has 0 bridgehead atoms. The summed E-state index contributed by atoms with van der Waals surface area (Å²) in [5, 5.41) is 15.2. The highest BCUT2D eigenvalue weighted by molar-refractivity contribution is 5.80. The van der Waals surface area contributed by atoms with E-state index < -0.39 is 0 Å². The maximum Gasteiger partial charge on any atom is 0.140 e. The summed E-state index contributed by atoms with van der Waals surface area (Å²) in [6.07, 6.45) is 7.11. The Morgan fingerprint density at radius 2 is 2.18 bits per heavy atom. The third-order valence-electron chi connectivity index (χ3n) is 4.03. The van der Waals surface area contributed by atoms with Gasteiger partial charge in [-0.3, -0.25) is 0 Å². The molecule has 4 nitrogen and oxygen atoms in total. The van der Waals surface area contributed by atoms with Crippen molar-refractivity contribution >= 4 is 5.84 Å². The van der Waals surface area contributed by atoms with Crippen LogP contribution in [0.15, 0.2) is 5.16 Å². The SMILES string of the molecule is CCC(CC(N)=NO)NCC1CCCCC1C. The van der Waals surface area contributed by atoms with E-state index in [9.17, 15) is 0 Å². The smallest absolute Gasteiger partial charge is 0.140 e. The molecule has 1 aliphatic carbocycles. The van der Waals surface area contributed by atoms with Crippen LogP contribution in [0.2, 0.25) is 0 Å². The van der Waals surface area contributed by atoms with Gasteiger partial charge in [0.05, 0.1) is 0 Å². The lowest BCUT2D eigenvalue weighted by Gasteiger charge is -2.30. The Labute approximate surface area is 105 Å². The second-order valence-corrected chi connectivity index (χ2v) is 5.33. The van der Waals surface area contributed by atoms with Gasteiger partial charge in [0.25, 0.3) is 0 Å². The van der Waals surface area contributed by atoms with Crippen molar-refractivity contribution in [3.8, 4) is 0 Å². The number of nitrogens with one attached hydrogen (secondary N) is 1. The molecule has 3 atom stereocenters. The first kappa shape index (κ1) is 14.3. The van der Waals surface area contributed by atoms with Gasteiger partial charge in [0, 0.05) is 12.5 Å². The molecule has 1 fully saturated rings. The predicted molar refractivity (Wildman–Crippen MR) is 71.2 cm³/mol. The lowest BCUT2D eigenvalue weighted by Crippen LogP contribution is -2.38. The van der Waals surface area contributed by atoms with Crippen LogP contribution < -0.4 is 11.1 Å². The van der Waals surface area contributed by atoms with Gasteiger partial charge in [-0.05, 0) is 31.2 Å². The number of nitrogens with two attached hydrogens (primary N) is 1. The van der Waals surface area contributed by atoms with Crippen LogP contribution in [0.25, 0.3) is 0 Å². The number of amidine groups is 1. The van der Waals surface area contributed by atoms with Gasteiger partial charge >= 0.3 is 0 Å². The van der Waals surface area contributed by atoms with Crippen molar-refractivity contribution in [1.82, 2.24) is 5.32 Å². The molecule has 1 rings (SSSR count). The standard InChI is InChI=1S/C13H27N3O/c1-3-12(8-13(14)16-17)15-9-11-7-5-4-6-10(11)2/h10-12,15,17H,3-9H2,1-2H3,(H2,14,16). The molecule has 0 heterocycles. The summed E-state index contributed by atoms with van der Waals surface area (Å²) in [5.41, 5.74) is 5.55. The Morgan fingerprint density at radius 3 is 2.76 bits per heavy atom.